The Morgan fingerprint density at radius 3 is 2.62 bits per heavy atom. The molecule has 0 N–H and O–H groups in total. The van der Waals surface area contributed by atoms with Crippen molar-refractivity contribution in [1.29, 1.82) is 0 Å². The first-order valence-electron chi connectivity index (χ1n) is 8.04. The van der Waals surface area contributed by atoms with Crippen molar-refractivity contribution in [2.75, 3.05) is 13.2 Å². The van der Waals surface area contributed by atoms with E-state index in [0.717, 1.165) is 13.0 Å². The van der Waals surface area contributed by atoms with Gasteiger partial charge in [-0.05, 0) is 23.8 Å². The summed E-state index contributed by atoms with van der Waals surface area (Å²) >= 11 is 0. The van der Waals surface area contributed by atoms with Crippen molar-refractivity contribution in [2.45, 2.75) is 46.3 Å². The van der Waals surface area contributed by atoms with Crippen LogP contribution in [-0.2, 0) is 16.1 Å². The van der Waals surface area contributed by atoms with E-state index in [-0.39, 0.29) is 11.9 Å². The van der Waals surface area contributed by atoms with E-state index in [1.807, 2.05) is 23.1 Å². The maximum Gasteiger partial charge on any atom is 0.223 e. The molecule has 1 saturated heterocycles. The SMILES string of the molecule is CCCN1C(=O)CC(C)C(C)C1COCc1ccccc1. The van der Waals surface area contributed by atoms with Gasteiger partial charge in [0.05, 0.1) is 19.3 Å². The molecule has 0 aliphatic carbocycles. The van der Waals surface area contributed by atoms with Gasteiger partial charge in [0.2, 0.25) is 5.91 Å². The molecule has 3 nitrogen and oxygen atoms in total. The van der Waals surface area contributed by atoms with Crippen LogP contribution in [0.4, 0.5) is 0 Å². The number of hydrogen-bond acceptors (Lipinski definition) is 2. The molecule has 1 amide bonds. The number of piperidine rings is 1. The Balaban J connectivity index is 1.95. The Morgan fingerprint density at radius 2 is 1.95 bits per heavy atom. The number of carbonyl (C=O) groups is 1. The van der Waals surface area contributed by atoms with Crippen molar-refractivity contribution in [3.63, 3.8) is 0 Å². The van der Waals surface area contributed by atoms with Gasteiger partial charge < -0.3 is 9.64 Å². The number of benzene rings is 1. The molecule has 3 atom stereocenters. The Labute approximate surface area is 128 Å². The fraction of sp³-hybridized carbons (Fsp3) is 0.611. The van der Waals surface area contributed by atoms with Crippen molar-refractivity contribution >= 4 is 5.91 Å². The number of likely N-dealkylation sites (tertiary alicyclic amines) is 1. The van der Waals surface area contributed by atoms with Crippen molar-refractivity contribution in [3.8, 4) is 0 Å². The van der Waals surface area contributed by atoms with Crippen LogP contribution in [0.3, 0.4) is 0 Å². The van der Waals surface area contributed by atoms with Gasteiger partial charge in [0.1, 0.15) is 0 Å². The van der Waals surface area contributed by atoms with Crippen molar-refractivity contribution in [3.05, 3.63) is 35.9 Å². The first kappa shape index (κ1) is 16.0. The van der Waals surface area contributed by atoms with Crippen LogP contribution in [0.1, 0.15) is 39.2 Å². The van der Waals surface area contributed by atoms with Gasteiger partial charge in [-0.1, -0.05) is 51.1 Å². The van der Waals surface area contributed by atoms with Gasteiger partial charge in [-0.25, -0.2) is 0 Å². The van der Waals surface area contributed by atoms with Gasteiger partial charge in [-0.2, -0.15) is 0 Å². The summed E-state index contributed by atoms with van der Waals surface area (Å²) in [6.45, 7) is 8.64. The highest BCUT2D eigenvalue weighted by molar-refractivity contribution is 5.77. The third kappa shape index (κ3) is 4.07. The highest BCUT2D eigenvalue weighted by Crippen LogP contribution is 2.30. The van der Waals surface area contributed by atoms with Crippen LogP contribution in [0.15, 0.2) is 30.3 Å². The lowest BCUT2D eigenvalue weighted by Gasteiger charge is -2.43. The minimum Gasteiger partial charge on any atom is -0.375 e. The molecule has 0 bridgehead atoms. The lowest BCUT2D eigenvalue weighted by Crippen LogP contribution is -2.53. The number of ether oxygens (including phenoxy) is 1. The molecule has 1 aromatic rings. The third-order valence-electron chi connectivity index (χ3n) is 4.59. The molecule has 1 aliphatic rings. The number of nitrogens with zero attached hydrogens (tertiary/aromatic N) is 1. The monoisotopic (exact) mass is 289 g/mol. The molecule has 116 valence electrons. The molecule has 1 aromatic carbocycles. The second-order valence-electron chi connectivity index (χ2n) is 6.20. The van der Waals surface area contributed by atoms with Crippen LogP contribution in [0.25, 0.3) is 0 Å². The van der Waals surface area contributed by atoms with Gasteiger partial charge in [-0.15, -0.1) is 0 Å². The fourth-order valence-corrected chi connectivity index (χ4v) is 3.07. The van der Waals surface area contributed by atoms with Crippen LogP contribution >= 0.6 is 0 Å². The molecular formula is C18H27NO2. The van der Waals surface area contributed by atoms with Gasteiger partial charge in [0, 0.05) is 13.0 Å². The Bertz CT molecular complexity index is 446. The minimum atomic E-state index is 0.213. The first-order chi connectivity index (χ1) is 10.1. The number of amides is 1. The van der Waals surface area contributed by atoms with Crippen LogP contribution in [0.5, 0.6) is 0 Å². The fourth-order valence-electron chi connectivity index (χ4n) is 3.07. The molecule has 1 heterocycles. The molecule has 2 rings (SSSR count). The summed E-state index contributed by atoms with van der Waals surface area (Å²) in [6, 6.07) is 10.4. The van der Waals surface area contributed by atoms with Crippen LogP contribution in [0, 0.1) is 11.8 Å². The number of carbonyl (C=O) groups excluding carboxylic acids is 1. The highest BCUT2D eigenvalue weighted by Gasteiger charge is 2.37. The lowest BCUT2D eigenvalue weighted by atomic mass is 9.82. The molecule has 0 aromatic heterocycles. The maximum atomic E-state index is 12.3. The van der Waals surface area contributed by atoms with Gasteiger partial charge >= 0.3 is 0 Å². The van der Waals surface area contributed by atoms with Gasteiger partial charge in [0.15, 0.2) is 0 Å². The summed E-state index contributed by atoms with van der Waals surface area (Å²) < 4.78 is 5.91. The van der Waals surface area contributed by atoms with Crippen molar-refractivity contribution in [2.24, 2.45) is 11.8 Å². The summed E-state index contributed by atoms with van der Waals surface area (Å²) in [4.78, 5) is 14.3. The van der Waals surface area contributed by atoms with E-state index in [1.165, 1.54) is 5.56 Å². The zero-order valence-electron chi connectivity index (χ0n) is 13.4. The van der Waals surface area contributed by atoms with Gasteiger partial charge in [-0.3, -0.25) is 4.79 Å². The quantitative estimate of drug-likeness (QED) is 0.802. The molecule has 0 radical (unpaired) electrons. The molecule has 3 unspecified atom stereocenters. The van der Waals surface area contributed by atoms with Gasteiger partial charge in [0.25, 0.3) is 0 Å². The van der Waals surface area contributed by atoms with E-state index in [1.54, 1.807) is 0 Å². The molecular weight excluding hydrogens is 262 g/mol. The summed E-state index contributed by atoms with van der Waals surface area (Å²) in [5.41, 5.74) is 1.18. The first-order valence-corrected chi connectivity index (χ1v) is 8.04. The van der Waals surface area contributed by atoms with E-state index >= 15 is 0 Å². The Kier molecular flexibility index (Phi) is 5.80. The Morgan fingerprint density at radius 1 is 1.24 bits per heavy atom. The average Bonchev–Trinajstić information content (AvgIpc) is 2.49. The number of hydrogen-bond donors (Lipinski definition) is 0. The third-order valence-corrected chi connectivity index (χ3v) is 4.59. The molecule has 1 fully saturated rings. The van der Waals surface area contributed by atoms with Crippen LogP contribution < -0.4 is 0 Å². The average molecular weight is 289 g/mol. The zero-order chi connectivity index (χ0) is 15.2. The summed E-state index contributed by atoms with van der Waals surface area (Å²) in [5, 5.41) is 0. The standard InChI is InChI=1S/C18H27NO2/c1-4-10-19-17(15(3)14(2)11-18(19)20)13-21-12-16-8-6-5-7-9-16/h5-9,14-15,17H,4,10-13H2,1-3H3. The predicted octanol–water partition coefficient (Wildman–Crippen LogP) is 3.49. The summed E-state index contributed by atoms with van der Waals surface area (Å²) in [7, 11) is 0. The van der Waals surface area contributed by atoms with Crippen molar-refractivity contribution in [1.82, 2.24) is 4.90 Å². The van der Waals surface area contributed by atoms with Crippen molar-refractivity contribution < 1.29 is 9.53 Å². The predicted molar refractivity (Wildman–Crippen MR) is 84.8 cm³/mol. The summed E-state index contributed by atoms with van der Waals surface area (Å²) in [5.74, 6) is 1.22. The second kappa shape index (κ2) is 7.60. The van der Waals surface area contributed by atoms with E-state index < -0.39 is 0 Å². The smallest absolute Gasteiger partial charge is 0.223 e. The Hall–Kier alpha value is -1.35. The topological polar surface area (TPSA) is 29.5 Å². The molecule has 3 heteroatoms. The zero-order valence-corrected chi connectivity index (χ0v) is 13.4. The largest absolute Gasteiger partial charge is 0.375 e. The minimum absolute atomic E-state index is 0.213. The molecule has 0 spiro atoms. The number of rotatable bonds is 6. The van der Waals surface area contributed by atoms with Crippen LogP contribution in [-0.4, -0.2) is 30.0 Å². The van der Waals surface area contributed by atoms with E-state index in [4.69, 9.17) is 4.74 Å². The highest BCUT2D eigenvalue weighted by atomic mass is 16.5. The molecule has 1 aliphatic heterocycles. The summed E-state index contributed by atoms with van der Waals surface area (Å²) in [6.07, 6.45) is 1.68. The van der Waals surface area contributed by atoms with Crippen LogP contribution in [0.2, 0.25) is 0 Å². The molecule has 21 heavy (non-hydrogen) atoms. The van der Waals surface area contributed by atoms with E-state index in [0.29, 0.717) is 31.5 Å². The lowest BCUT2D eigenvalue weighted by molar-refractivity contribution is -0.144. The second-order valence-corrected chi connectivity index (χ2v) is 6.20. The molecule has 0 saturated carbocycles. The van der Waals surface area contributed by atoms with E-state index in [9.17, 15) is 4.79 Å². The normalized spacial score (nSPS) is 26.1. The maximum absolute atomic E-state index is 12.3. The van der Waals surface area contributed by atoms with E-state index in [2.05, 4.69) is 32.9 Å².